The lowest BCUT2D eigenvalue weighted by molar-refractivity contribution is 0.0365. The molecule has 8 heteroatoms. The van der Waals surface area contributed by atoms with Crippen molar-refractivity contribution in [1.82, 2.24) is 24.7 Å². The van der Waals surface area contributed by atoms with Gasteiger partial charge >= 0.3 is 0 Å². The Balaban J connectivity index is 1.48. The topological polar surface area (TPSA) is 45.6 Å². The second-order valence-electron chi connectivity index (χ2n) is 9.24. The molecule has 6 nitrogen and oxygen atoms in total. The summed E-state index contributed by atoms with van der Waals surface area (Å²) in [6, 6.07) is 16.4. The van der Waals surface area contributed by atoms with Crippen LogP contribution >= 0.6 is 23.8 Å². The maximum atomic E-state index is 6.60. The van der Waals surface area contributed by atoms with E-state index in [1.807, 2.05) is 36.5 Å². The molecular weight excluding hydrogens is 478 g/mol. The molecule has 0 bridgehead atoms. The summed E-state index contributed by atoms with van der Waals surface area (Å²) in [7, 11) is 0. The van der Waals surface area contributed by atoms with Gasteiger partial charge in [-0.05, 0) is 68.4 Å². The molecule has 2 aliphatic rings. The van der Waals surface area contributed by atoms with Gasteiger partial charge in [0.2, 0.25) is 0 Å². The highest BCUT2D eigenvalue weighted by atomic mass is 35.5. The lowest BCUT2D eigenvalue weighted by atomic mass is 9.96. The summed E-state index contributed by atoms with van der Waals surface area (Å²) in [5.74, 6) is 0. The van der Waals surface area contributed by atoms with Crippen LogP contribution in [0.3, 0.4) is 0 Å². The van der Waals surface area contributed by atoms with Crippen LogP contribution in [0.2, 0.25) is 5.02 Å². The summed E-state index contributed by atoms with van der Waals surface area (Å²) in [4.78, 5) is 9.52. The minimum atomic E-state index is -0.0210. The number of hydrogen-bond donors (Lipinski definition) is 1. The Bertz CT molecular complexity index is 1180. The fourth-order valence-electron chi connectivity index (χ4n) is 5.37. The number of benzene rings is 1. The number of thiocarbonyl (C=S) groups is 1. The Morgan fingerprint density at radius 2 is 1.86 bits per heavy atom. The highest BCUT2D eigenvalue weighted by Gasteiger charge is 2.41. The summed E-state index contributed by atoms with van der Waals surface area (Å²) >= 11 is 12.5. The molecule has 35 heavy (non-hydrogen) atoms. The van der Waals surface area contributed by atoms with Gasteiger partial charge in [0, 0.05) is 43.8 Å². The average Bonchev–Trinajstić information content (AvgIpc) is 3.35. The molecular formula is C27H32ClN5OS. The predicted octanol–water partition coefficient (Wildman–Crippen LogP) is 4.84. The van der Waals surface area contributed by atoms with Crippen LogP contribution in [0.5, 0.6) is 0 Å². The molecule has 2 atom stereocenters. The summed E-state index contributed by atoms with van der Waals surface area (Å²) in [5, 5.41) is 5.12. The quantitative estimate of drug-likeness (QED) is 0.460. The summed E-state index contributed by atoms with van der Waals surface area (Å²) in [5.41, 5.74) is 5.56. The van der Waals surface area contributed by atoms with Crippen molar-refractivity contribution >= 4 is 28.9 Å². The number of halogens is 1. The third-order valence-corrected chi connectivity index (χ3v) is 7.73. The van der Waals surface area contributed by atoms with E-state index >= 15 is 0 Å². The molecule has 2 fully saturated rings. The smallest absolute Gasteiger partial charge is 0.170 e. The Morgan fingerprint density at radius 3 is 2.60 bits per heavy atom. The van der Waals surface area contributed by atoms with Gasteiger partial charge in [-0.15, -0.1) is 0 Å². The normalized spacial score (nSPS) is 20.9. The standard InChI is InChI=1S/C27H32ClN5OS/c1-19-18-21(20(2)33(19)24-10-4-3-8-22(24)28)26-25(23-9-5-6-11-29-23)30-27(35)32(26)13-7-12-31-14-16-34-17-15-31/h3-6,8-11,18,25-26H,7,12-17H2,1-2H3,(H,30,35)/t25-,26+/m0/s1. The van der Waals surface area contributed by atoms with Gasteiger partial charge in [-0.1, -0.05) is 29.8 Å². The van der Waals surface area contributed by atoms with Crippen LogP contribution < -0.4 is 5.32 Å². The van der Waals surface area contributed by atoms with Gasteiger partial charge in [0.1, 0.15) is 0 Å². The monoisotopic (exact) mass is 509 g/mol. The molecule has 0 saturated carbocycles. The fourth-order valence-corrected chi connectivity index (χ4v) is 5.92. The number of pyridine rings is 1. The molecule has 0 aliphatic carbocycles. The van der Waals surface area contributed by atoms with Crippen LogP contribution in [0.1, 0.15) is 41.1 Å². The van der Waals surface area contributed by atoms with Crippen molar-refractivity contribution in [3.05, 3.63) is 82.4 Å². The van der Waals surface area contributed by atoms with Gasteiger partial charge in [0.05, 0.1) is 41.7 Å². The Hall–Kier alpha value is -2.45. The van der Waals surface area contributed by atoms with E-state index in [1.165, 1.54) is 11.3 Å². The van der Waals surface area contributed by atoms with Gasteiger partial charge in [0.25, 0.3) is 0 Å². The Kier molecular flexibility index (Phi) is 7.39. The number of morpholine rings is 1. The second kappa shape index (κ2) is 10.7. The Labute approximate surface area is 217 Å². The molecule has 4 heterocycles. The van der Waals surface area contributed by atoms with Crippen LogP contribution in [-0.4, -0.2) is 63.9 Å². The molecule has 1 N–H and O–H groups in total. The van der Waals surface area contributed by atoms with Crippen LogP contribution in [0.15, 0.2) is 54.7 Å². The zero-order chi connectivity index (χ0) is 24.4. The van der Waals surface area contributed by atoms with E-state index in [-0.39, 0.29) is 12.1 Å². The molecule has 0 unspecified atom stereocenters. The van der Waals surface area contributed by atoms with E-state index in [9.17, 15) is 0 Å². The average molecular weight is 510 g/mol. The highest BCUT2D eigenvalue weighted by molar-refractivity contribution is 7.80. The largest absolute Gasteiger partial charge is 0.379 e. The van der Waals surface area contributed by atoms with Crippen molar-refractivity contribution in [2.24, 2.45) is 0 Å². The first-order valence-electron chi connectivity index (χ1n) is 12.3. The van der Waals surface area contributed by atoms with Crippen LogP contribution in [0, 0.1) is 13.8 Å². The van der Waals surface area contributed by atoms with Crippen molar-refractivity contribution in [2.75, 3.05) is 39.4 Å². The predicted molar refractivity (Wildman–Crippen MR) is 144 cm³/mol. The molecule has 2 saturated heterocycles. The first kappa shape index (κ1) is 24.3. The third-order valence-electron chi connectivity index (χ3n) is 7.06. The van der Waals surface area contributed by atoms with Gasteiger partial charge in [0.15, 0.2) is 5.11 Å². The van der Waals surface area contributed by atoms with E-state index in [2.05, 4.69) is 51.7 Å². The molecule has 2 aliphatic heterocycles. The maximum Gasteiger partial charge on any atom is 0.170 e. The SMILES string of the molecule is Cc1cc([C@@H]2[C@H](c3ccccn3)NC(=S)N2CCCN2CCOCC2)c(C)n1-c1ccccc1Cl. The van der Waals surface area contributed by atoms with Gasteiger partial charge in [-0.2, -0.15) is 0 Å². The van der Waals surface area contributed by atoms with Crippen molar-refractivity contribution in [2.45, 2.75) is 32.4 Å². The van der Waals surface area contributed by atoms with Crippen molar-refractivity contribution in [1.29, 1.82) is 0 Å². The fraction of sp³-hybridized carbons (Fsp3) is 0.407. The summed E-state index contributed by atoms with van der Waals surface area (Å²) in [6.45, 7) is 9.88. The minimum Gasteiger partial charge on any atom is -0.379 e. The molecule has 2 aromatic heterocycles. The van der Waals surface area contributed by atoms with E-state index in [1.54, 1.807) is 0 Å². The highest BCUT2D eigenvalue weighted by Crippen LogP contribution is 2.41. The number of aromatic nitrogens is 2. The van der Waals surface area contributed by atoms with Crippen LogP contribution in [0.25, 0.3) is 5.69 Å². The van der Waals surface area contributed by atoms with Crippen LogP contribution in [0.4, 0.5) is 0 Å². The lowest BCUT2D eigenvalue weighted by Gasteiger charge is -2.30. The first-order valence-corrected chi connectivity index (χ1v) is 13.0. The van der Waals surface area contributed by atoms with Crippen LogP contribution in [-0.2, 0) is 4.74 Å². The number of ether oxygens (including phenoxy) is 1. The van der Waals surface area contributed by atoms with E-state index < -0.39 is 0 Å². The zero-order valence-electron chi connectivity index (χ0n) is 20.3. The summed E-state index contributed by atoms with van der Waals surface area (Å²) in [6.07, 6.45) is 2.89. The van der Waals surface area contributed by atoms with Crippen molar-refractivity contribution < 1.29 is 4.74 Å². The number of nitrogens with one attached hydrogen (secondary N) is 1. The molecule has 5 rings (SSSR count). The Morgan fingerprint density at radius 1 is 1.09 bits per heavy atom. The first-order chi connectivity index (χ1) is 17.0. The number of hydrogen-bond acceptors (Lipinski definition) is 4. The maximum absolute atomic E-state index is 6.60. The van der Waals surface area contributed by atoms with Crippen molar-refractivity contribution in [3.63, 3.8) is 0 Å². The number of para-hydroxylation sites is 1. The van der Waals surface area contributed by atoms with E-state index in [4.69, 9.17) is 33.5 Å². The zero-order valence-corrected chi connectivity index (χ0v) is 21.9. The van der Waals surface area contributed by atoms with Gasteiger partial charge < -0.3 is 19.5 Å². The van der Waals surface area contributed by atoms with Gasteiger partial charge in [-0.3, -0.25) is 9.88 Å². The molecule has 184 valence electrons. The van der Waals surface area contributed by atoms with Gasteiger partial charge in [-0.25, -0.2) is 0 Å². The molecule has 1 aromatic carbocycles. The minimum absolute atomic E-state index is 0.0210. The van der Waals surface area contributed by atoms with Crippen molar-refractivity contribution in [3.8, 4) is 5.69 Å². The molecule has 0 amide bonds. The summed E-state index contributed by atoms with van der Waals surface area (Å²) < 4.78 is 7.75. The number of rotatable bonds is 7. The molecule has 0 spiro atoms. The molecule has 0 radical (unpaired) electrons. The molecule has 3 aromatic rings. The van der Waals surface area contributed by atoms with E-state index in [0.29, 0.717) is 0 Å². The third kappa shape index (κ3) is 4.96. The number of nitrogens with zero attached hydrogens (tertiary/aromatic N) is 4. The van der Waals surface area contributed by atoms with E-state index in [0.717, 1.165) is 73.0 Å². The second-order valence-corrected chi connectivity index (χ2v) is 10.0. The lowest BCUT2D eigenvalue weighted by Crippen LogP contribution is -2.39. The number of aryl methyl sites for hydroxylation is 1.